The molecule has 154 valence electrons. The second-order valence-corrected chi connectivity index (χ2v) is 9.24. The van der Waals surface area contributed by atoms with Crippen molar-refractivity contribution in [2.75, 3.05) is 31.1 Å². The molecule has 1 fully saturated rings. The van der Waals surface area contributed by atoms with E-state index in [1.807, 2.05) is 24.3 Å². The maximum Gasteiger partial charge on any atom is 0.349 e. The first-order valence-electron chi connectivity index (χ1n) is 10.4. The molecule has 6 heteroatoms. The number of para-hydroxylation sites is 1. The van der Waals surface area contributed by atoms with Crippen LogP contribution >= 0.6 is 11.3 Å². The van der Waals surface area contributed by atoms with E-state index in [9.17, 15) is 9.59 Å². The number of hydrogen-bond acceptors (Lipinski definition) is 5. The number of fused-ring (bicyclic) bond motifs is 1. The van der Waals surface area contributed by atoms with Gasteiger partial charge in [0.05, 0.1) is 0 Å². The largest absolute Gasteiger partial charge is 0.448 e. The highest BCUT2D eigenvalue weighted by molar-refractivity contribution is 7.14. The number of piperazine rings is 1. The zero-order chi connectivity index (χ0) is 20.4. The third-order valence-corrected chi connectivity index (χ3v) is 7.09. The molecule has 2 heterocycles. The lowest BCUT2D eigenvalue weighted by Gasteiger charge is -2.37. The molecule has 0 N–H and O–H groups in total. The van der Waals surface area contributed by atoms with Crippen LogP contribution in [0.15, 0.2) is 36.4 Å². The summed E-state index contributed by atoms with van der Waals surface area (Å²) in [6, 6.07) is 12.2. The molecule has 0 saturated carbocycles. The van der Waals surface area contributed by atoms with Crippen molar-refractivity contribution in [1.82, 2.24) is 4.90 Å². The van der Waals surface area contributed by atoms with Crippen LogP contribution in [0, 0.1) is 5.92 Å². The van der Waals surface area contributed by atoms with Gasteiger partial charge in [0, 0.05) is 36.7 Å². The number of benzene rings is 1. The van der Waals surface area contributed by atoms with Gasteiger partial charge in [-0.05, 0) is 55.9 Å². The first-order chi connectivity index (χ1) is 14.0. The monoisotopic (exact) mass is 412 g/mol. The second-order valence-electron chi connectivity index (χ2n) is 8.10. The van der Waals surface area contributed by atoms with Crippen molar-refractivity contribution in [3.05, 3.63) is 51.7 Å². The van der Waals surface area contributed by atoms with Gasteiger partial charge in [0.1, 0.15) is 4.88 Å². The number of hydrogen-bond donors (Lipinski definition) is 0. The summed E-state index contributed by atoms with van der Waals surface area (Å²) >= 11 is 1.53. The first-order valence-corrected chi connectivity index (χ1v) is 11.2. The van der Waals surface area contributed by atoms with E-state index < -0.39 is 6.10 Å². The van der Waals surface area contributed by atoms with Crippen molar-refractivity contribution in [3.63, 3.8) is 0 Å². The lowest BCUT2D eigenvalue weighted by Crippen LogP contribution is -2.51. The molecule has 0 unspecified atom stereocenters. The summed E-state index contributed by atoms with van der Waals surface area (Å²) in [5.41, 5.74) is 2.45. The van der Waals surface area contributed by atoms with Crippen LogP contribution in [0.1, 0.15) is 40.4 Å². The van der Waals surface area contributed by atoms with Crippen LogP contribution in [0.3, 0.4) is 0 Å². The zero-order valence-corrected chi connectivity index (χ0v) is 17.9. The Hall–Kier alpha value is -2.34. The maximum atomic E-state index is 12.8. The van der Waals surface area contributed by atoms with Gasteiger partial charge >= 0.3 is 5.97 Å². The van der Waals surface area contributed by atoms with Crippen LogP contribution in [-0.2, 0) is 22.4 Å². The third kappa shape index (κ3) is 4.47. The van der Waals surface area contributed by atoms with Crippen LogP contribution in [-0.4, -0.2) is 49.1 Å². The minimum Gasteiger partial charge on any atom is -0.448 e. The molecule has 0 bridgehead atoms. The Labute approximate surface area is 176 Å². The van der Waals surface area contributed by atoms with E-state index in [0.29, 0.717) is 23.9 Å². The summed E-state index contributed by atoms with van der Waals surface area (Å²) in [4.78, 5) is 31.4. The zero-order valence-electron chi connectivity index (χ0n) is 17.1. The Bertz CT molecular complexity index is 872. The number of rotatable bonds is 4. The van der Waals surface area contributed by atoms with Crippen LogP contribution in [0.25, 0.3) is 0 Å². The highest BCUT2D eigenvalue weighted by atomic mass is 32.1. The SMILES string of the molecule is C[C@H]1CCc2sc(C(=O)O[C@H](C)C(=O)N3CCN(c4ccccc4)CC3)cc2C1. The van der Waals surface area contributed by atoms with Crippen molar-refractivity contribution in [3.8, 4) is 0 Å². The van der Waals surface area contributed by atoms with Crippen LogP contribution < -0.4 is 4.90 Å². The van der Waals surface area contributed by atoms with Gasteiger partial charge in [0.15, 0.2) is 6.10 Å². The van der Waals surface area contributed by atoms with Gasteiger partial charge in [-0.1, -0.05) is 25.1 Å². The normalized spacial score (nSPS) is 20.1. The van der Waals surface area contributed by atoms with Gasteiger partial charge < -0.3 is 14.5 Å². The number of esters is 1. The number of ether oxygens (including phenoxy) is 1. The minimum atomic E-state index is -0.760. The summed E-state index contributed by atoms with van der Waals surface area (Å²) in [6.45, 7) is 6.77. The molecule has 1 aromatic heterocycles. The van der Waals surface area contributed by atoms with Crippen molar-refractivity contribution in [2.24, 2.45) is 5.92 Å². The van der Waals surface area contributed by atoms with E-state index in [0.717, 1.165) is 25.9 Å². The van der Waals surface area contributed by atoms with Gasteiger partial charge in [-0.3, -0.25) is 4.79 Å². The fourth-order valence-electron chi connectivity index (χ4n) is 4.16. The molecule has 1 aliphatic heterocycles. The Morgan fingerprint density at radius 1 is 1.14 bits per heavy atom. The van der Waals surface area contributed by atoms with E-state index in [1.165, 1.54) is 33.9 Å². The fraction of sp³-hybridized carbons (Fsp3) is 0.478. The van der Waals surface area contributed by atoms with Gasteiger partial charge in [-0.15, -0.1) is 11.3 Å². The van der Waals surface area contributed by atoms with E-state index in [2.05, 4.69) is 24.0 Å². The number of carbonyl (C=O) groups is 2. The van der Waals surface area contributed by atoms with Crippen molar-refractivity contribution >= 4 is 28.9 Å². The van der Waals surface area contributed by atoms with Gasteiger partial charge in [-0.2, -0.15) is 0 Å². The number of anilines is 1. The van der Waals surface area contributed by atoms with E-state index in [-0.39, 0.29) is 11.9 Å². The summed E-state index contributed by atoms with van der Waals surface area (Å²) in [6.07, 6.45) is 2.48. The molecule has 1 amide bonds. The Balaban J connectivity index is 1.31. The third-order valence-electron chi connectivity index (χ3n) is 5.87. The second kappa shape index (κ2) is 8.57. The molecule has 1 aliphatic carbocycles. The summed E-state index contributed by atoms with van der Waals surface area (Å²) < 4.78 is 5.53. The minimum absolute atomic E-state index is 0.110. The first kappa shape index (κ1) is 20.0. The van der Waals surface area contributed by atoms with Crippen LogP contribution in [0.4, 0.5) is 5.69 Å². The number of aryl methyl sites for hydroxylation is 1. The molecule has 1 saturated heterocycles. The lowest BCUT2D eigenvalue weighted by atomic mass is 9.90. The Morgan fingerprint density at radius 3 is 2.59 bits per heavy atom. The molecule has 0 radical (unpaired) electrons. The summed E-state index contributed by atoms with van der Waals surface area (Å²) in [7, 11) is 0. The van der Waals surface area contributed by atoms with Gasteiger partial charge in [0.2, 0.25) is 0 Å². The standard InChI is InChI=1S/C23H28N2O3S/c1-16-8-9-20-18(14-16)15-21(29-20)23(27)28-17(2)22(26)25-12-10-24(11-13-25)19-6-4-3-5-7-19/h3-7,15-17H,8-14H2,1-2H3/t16-,17+/m0/s1. The van der Waals surface area contributed by atoms with Crippen molar-refractivity contribution in [1.29, 1.82) is 0 Å². The molecule has 4 rings (SSSR count). The molecule has 5 nitrogen and oxygen atoms in total. The number of amides is 1. The van der Waals surface area contributed by atoms with Gasteiger partial charge in [0.25, 0.3) is 5.91 Å². The molecular weight excluding hydrogens is 384 g/mol. The molecule has 2 atom stereocenters. The van der Waals surface area contributed by atoms with Crippen LogP contribution in [0.5, 0.6) is 0 Å². The molecule has 2 aromatic rings. The van der Waals surface area contributed by atoms with E-state index >= 15 is 0 Å². The Kier molecular flexibility index (Phi) is 5.90. The predicted molar refractivity (Wildman–Crippen MR) is 116 cm³/mol. The number of nitrogens with zero attached hydrogens (tertiary/aromatic N) is 2. The quantitative estimate of drug-likeness (QED) is 0.718. The van der Waals surface area contributed by atoms with E-state index in [1.54, 1.807) is 11.8 Å². The molecule has 0 spiro atoms. The lowest BCUT2D eigenvalue weighted by molar-refractivity contribution is -0.140. The predicted octanol–water partition coefficient (Wildman–Crippen LogP) is 3.77. The van der Waals surface area contributed by atoms with Gasteiger partial charge in [-0.25, -0.2) is 4.79 Å². The smallest absolute Gasteiger partial charge is 0.349 e. The maximum absolute atomic E-state index is 12.8. The number of carbonyl (C=O) groups excluding carboxylic acids is 2. The van der Waals surface area contributed by atoms with E-state index in [4.69, 9.17) is 4.74 Å². The number of thiophene rings is 1. The van der Waals surface area contributed by atoms with Crippen molar-refractivity contribution < 1.29 is 14.3 Å². The molecular formula is C23H28N2O3S. The highest BCUT2D eigenvalue weighted by Crippen LogP contribution is 2.32. The topological polar surface area (TPSA) is 49.9 Å². The average Bonchev–Trinajstić information content (AvgIpc) is 3.17. The Morgan fingerprint density at radius 2 is 1.86 bits per heavy atom. The van der Waals surface area contributed by atoms with Crippen molar-refractivity contribution in [2.45, 2.75) is 39.2 Å². The highest BCUT2D eigenvalue weighted by Gasteiger charge is 2.29. The molecule has 1 aromatic carbocycles. The average molecular weight is 413 g/mol. The molecule has 29 heavy (non-hydrogen) atoms. The summed E-state index contributed by atoms with van der Waals surface area (Å²) in [5.74, 6) is 0.179. The molecule has 2 aliphatic rings. The summed E-state index contributed by atoms with van der Waals surface area (Å²) in [5, 5.41) is 0. The fourth-order valence-corrected chi connectivity index (χ4v) is 5.25. The van der Waals surface area contributed by atoms with Crippen LogP contribution in [0.2, 0.25) is 0 Å².